The van der Waals surface area contributed by atoms with Crippen LogP contribution in [0.5, 0.6) is 0 Å². The van der Waals surface area contributed by atoms with Crippen molar-refractivity contribution in [2.45, 2.75) is 128 Å². The molecule has 74 heavy (non-hydrogen) atoms. The normalized spacial score (nSPS) is 20.2. The molecule has 1 aliphatic rings. The smallest absolute Gasteiger partial charge is 0.243 e. The molecule has 0 unspecified atom stereocenters. The van der Waals surface area contributed by atoms with Gasteiger partial charge in [-0.3, -0.25) is 48.1 Å². The van der Waals surface area contributed by atoms with Crippen molar-refractivity contribution in [2.75, 3.05) is 13.1 Å². The Morgan fingerprint density at radius 1 is 0.797 bits per heavy atom. The van der Waals surface area contributed by atoms with E-state index in [0.717, 1.165) is 16.3 Å². The number of amides is 7. The monoisotopic (exact) mass is 1020 g/mol. The summed E-state index contributed by atoms with van der Waals surface area (Å²) in [6, 6.07) is 15.8. The van der Waals surface area contributed by atoms with E-state index < -0.39 is 101 Å². The number of aromatic nitrogens is 2. The quantitative estimate of drug-likeness (QED) is 0.0360. The number of hydrogen-bond acceptors (Lipinski definition) is 11. The number of rotatable bonds is 19. The zero-order valence-electron chi connectivity index (χ0n) is 42.0. The molecule has 396 valence electrons. The van der Waals surface area contributed by atoms with Crippen LogP contribution in [0, 0.1) is 11.8 Å². The topological polar surface area (TPSA) is 345 Å². The fourth-order valence-corrected chi connectivity index (χ4v) is 8.92. The van der Waals surface area contributed by atoms with Crippen LogP contribution in [-0.4, -0.2) is 112 Å². The van der Waals surface area contributed by atoms with E-state index >= 15 is 0 Å². The Balaban J connectivity index is 1.52. The summed E-state index contributed by atoms with van der Waals surface area (Å²) >= 11 is 0. The number of ketones is 2. The number of nitrogens with two attached hydrogens (primary N) is 3. The van der Waals surface area contributed by atoms with E-state index in [2.05, 4.69) is 46.9 Å². The summed E-state index contributed by atoms with van der Waals surface area (Å²) in [7, 11) is 0. The van der Waals surface area contributed by atoms with Crippen LogP contribution in [0.3, 0.4) is 0 Å². The van der Waals surface area contributed by atoms with Crippen molar-refractivity contribution in [3.8, 4) is 0 Å². The second-order valence-corrected chi connectivity index (χ2v) is 18.7. The van der Waals surface area contributed by atoms with Crippen LogP contribution in [0.2, 0.25) is 0 Å². The van der Waals surface area contributed by atoms with Crippen molar-refractivity contribution in [2.24, 2.45) is 34.0 Å². The minimum atomic E-state index is -1.41. The number of H-pyrrole nitrogens is 1. The first-order valence-electron chi connectivity index (χ1n) is 25.1. The van der Waals surface area contributed by atoms with Gasteiger partial charge in [0, 0.05) is 75.8 Å². The second kappa shape index (κ2) is 28.9. The number of carbonyl (C=O) groups excluding carboxylic acids is 9. The maximum absolute atomic E-state index is 14.7. The standard InChI is InChI=1S/C53H70N12O9/c1-3-4-19-40(61-32(2)66)50(72)62-41-20-21-47(69)58-24-22-37(49(71)64-43(48(54)70)26-35-16-10-15-34-14-8-9-18-39(34)35)28-45(67)36(17-11-23-59-53(55)56)27-46(68)42(25-33-12-6-5-7-13-33)63-52(74)44(65-51(41)73)29-38-30-57-31-60-38/h5-10,12-16,18,30-31,36-37,40-44H,3-4,11,17,19-29H2,1-2H3,(H2,54,70)(H,57,60)(H,58,69)(H,61,66)(H,62,72)(H,63,74)(H,64,71)(H,65,73)(H4,55,56,59)/t36-,37-,40+,41+,42-,43+,44+/m1/s1. The van der Waals surface area contributed by atoms with Gasteiger partial charge in [0.2, 0.25) is 41.4 Å². The summed E-state index contributed by atoms with van der Waals surface area (Å²) in [5.74, 6) is -8.17. The number of fused-ring (bicyclic) bond motifs is 1. The molecule has 2 heterocycles. The number of unbranched alkanes of at least 4 members (excludes halogenated alkanes) is 1. The predicted molar refractivity (Wildman–Crippen MR) is 277 cm³/mol. The number of nitrogens with zero attached hydrogens (tertiary/aromatic N) is 2. The van der Waals surface area contributed by atoms with Crippen LogP contribution in [0.15, 0.2) is 90.3 Å². The Bertz CT molecular complexity index is 2600. The maximum atomic E-state index is 14.7. The van der Waals surface area contributed by atoms with Gasteiger partial charge in [0.05, 0.1) is 12.4 Å². The van der Waals surface area contributed by atoms with E-state index in [1.54, 1.807) is 30.3 Å². The lowest BCUT2D eigenvalue weighted by Crippen LogP contribution is -2.58. The third kappa shape index (κ3) is 18.3. The molecular formula is C53H70N12O9. The third-order valence-electron chi connectivity index (χ3n) is 12.9. The van der Waals surface area contributed by atoms with Gasteiger partial charge in [-0.2, -0.15) is 0 Å². The van der Waals surface area contributed by atoms with Crippen LogP contribution in [0.1, 0.15) is 94.9 Å². The van der Waals surface area contributed by atoms with Crippen LogP contribution >= 0.6 is 0 Å². The largest absolute Gasteiger partial charge is 0.370 e. The molecule has 21 nitrogen and oxygen atoms in total. The van der Waals surface area contributed by atoms with Crippen molar-refractivity contribution in [3.63, 3.8) is 0 Å². The molecule has 1 saturated heterocycles. The second-order valence-electron chi connectivity index (χ2n) is 18.7. The number of primary amides is 1. The van der Waals surface area contributed by atoms with Crippen molar-refractivity contribution < 1.29 is 43.2 Å². The molecule has 3 aromatic carbocycles. The van der Waals surface area contributed by atoms with E-state index in [1.807, 2.05) is 49.4 Å². The Labute approximate surface area is 430 Å². The van der Waals surface area contributed by atoms with E-state index in [1.165, 1.54) is 19.4 Å². The molecule has 1 aromatic heterocycles. The Hall–Kier alpha value is -7.97. The van der Waals surface area contributed by atoms with Crippen molar-refractivity contribution in [3.05, 3.63) is 102 Å². The van der Waals surface area contributed by atoms with Gasteiger partial charge < -0.3 is 54.1 Å². The van der Waals surface area contributed by atoms with Gasteiger partial charge in [0.25, 0.3) is 0 Å². The van der Waals surface area contributed by atoms with Gasteiger partial charge in [-0.05, 0) is 60.4 Å². The molecule has 5 rings (SSSR count). The molecule has 21 heteroatoms. The number of aromatic amines is 1. The van der Waals surface area contributed by atoms with Crippen molar-refractivity contribution in [1.29, 1.82) is 0 Å². The first-order valence-corrected chi connectivity index (χ1v) is 25.1. The zero-order valence-corrected chi connectivity index (χ0v) is 42.0. The van der Waals surface area contributed by atoms with Crippen molar-refractivity contribution in [1.82, 2.24) is 41.9 Å². The number of benzene rings is 3. The molecule has 0 bridgehead atoms. The fraction of sp³-hybridized carbons (Fsp3) is 0.453. The fourth-order valence-electron chi connectivity index (χ4n) is 8.92. The Morgan fingerprint density at radius 3 is 2.23 bits per heavy atom. The lowest BCUT2D eigenvalue weighted by Gasteiger charge is -2.27. The number of guanidine groups is 1. The SMILES string of the molecule is CCCC[C@H](NC(C)=O)C(=O)N[C@H]1CCC(=O)NCC[C@@H](C(=O)N[C@@H](Cc2cccc3ccccc23)C(N)=O)CC(=O)[C@H](CCCN=C(N)N)CC(=O)[C@@H](Cc2ccccc2)NC(=O)[C@H](Cc2cnc[nH]2)NC1=O. The predicted octanol–water partition coefficient (Wildman–Crippen LogP) is 1.21. The summed E-state index contributed by atoms with van der Waals surface area (Å²) in [6.45, 7) is 3.16. The van der Waals surface area contributed by atoms with Crippen molar-refractivity contribution >= 4 is 69.6 Å². The van der Waals surface area contributed by atoms with E-state index in [-0.39, 0.29) is 83.3 Å². The molecule has 0 aliphatic carbocycles. The summed E-state index contributed by atoms with van der Waals surface area (Å²) < 4.78 is 0. The van der Waals surface area contributed by atoms with Gasteiger partial charge in [0.15, 0.2) is 11.7 Å². The Morgan fingerprint density at radius 2 is 1.53 bits per heavy atom. The van der Waals surface area contributed by atoms with Gasteiger partial charge in [-0.1, -0.05) is 92.6 Å². The first kappa shape index (κ1) is 56.9. The molecule has 0 radical (unpaired) electrons. The number of carbonyl (C=O) groups is 9. The molecule has 0 spiro atoms. The summed E-state index contributed by atoms with van der Waals surface area (Å²) in [4.78, 5) is 136. The highest BCUT2D eigenvalue weighted by Gasteiger charge is 2.35. The lowest BCUT2D eigenvalue weighted by atomic mass is 9.84. The van der Waals surface area contributed by atoms with E-state index in [0.29, 0.717) is 24.1 Å². The van der Waals surface area contributed by atoms with Gasteiger partial charge in [-0.15, -0.1) is 0 Å². The van der Waals surface area contributed by atoms with Crippen LogP contribution in [-0.2, 0) is 62.4 Å². The summed E-state index contributed by atoms with van der Waals surface area (Å²) in [6.07, 6.45) is 3.17. The minimum Gasteiger partial charge on any atom is -0.370 e. The highest BCUT2D eigenvalue weighted by molar-refractivity contribution is 5.98. The molecule has 13 N–H and O–H groups in total. The molecule has 4 aromatic rings. The van der Waals surface area contributed by atoms with Gasteiger partial charge in [-0.25, -0.2) is 4.98 Å². The average Bonchev–Trinajstić information content (AvgIpc) is 3.89. The lowest BCUT2D eigenvalue weighted by molar-refractivity contribution is -0.135. The zero-order chi connectivity index (χ0) is 53.6. The summed E-state index contributed by atoms with van der Waals surface area (Å²) in [5.41, 5.74) is 18.9. The maximum Gasteiger partial charge on any atom is 0.243 e. The van der Waals surface area contributed by atoms with Crippen LogP contribution < -0.4 is 49.1 Å². The molecule has 1 aliphatic heterocycles. The number of Topliss-reactive ketones (excluding diaryl/α,β-unsaturated/α-hetero) is 2. The highest BCUT2D eigenvalue weighted by Crippen LogP contribution is 2.24. The van der Waals surface area contributed by atoms with Gasteiger partial charge in [0.1, 0.15) is 30.0 Å². The highest BCUT2D eigenvalue weighted by atomic mass is 16.2. The number of hydrogen-bond donors (Lipinski definition) is 10. The molecule has 1 fully saturated rings. The number of nitrogens with one attached hydrogen (secondary N) is 7. The van der Waals surface area contributed by atoms with E-state index in [9.17, 15) is 43.2 Å². The van der Waals surface area contributed by atoms with E-state index in [4.69, 9.17) is 17.2 Å². The molecular weight excluding hydrogens is 949 g/mol. The first-order chi connectivity index (χ1) is 35.5. The average molecular weight is 1020 g/mol. The molecule has 7 atom stereocenters. The molecule has 7 amide bonds. The number of aliphatic imine (C=N–C) groups is 1. The van der Waals surface area contributed by atoms with Crippen LogP contribution in [0.4, 0.5) is 0 Å². The summed E-state index contributed by atoms with van der Waals surface area (Å²) in [5, 5.41) is 18.2. The van der Waals surface area contributed by atoms with Crippen LogP contribution in [0.25, 0.3) is 10.8 Å². The Kier molecular flexibility index (Phi) is 22.2. The van der Waals surface area contributed by atoms with Gasteiger partial charge >= 0.3 is 0 Å². The third-order valence-corrected chi connectivity index (χ3v) is 12.9. The molecule has 0 saturated carbocycles. The number of imidazole rings is 1. The minimum absolute atomic E-state index is 0.00392.